The Balaban J connectivity index is 2.14. The molecule has 1 spiro atoms. The van der Waals surface area contributed by atoms with Gasteiger partial charge in [0.2, 0.25) is 11.9 Å². The van der Waals surface area contributed by atoms with E-state index in [9.17, 15) is 0 Å². The van der Waals surface area contributed by atoms with Gasteiger partial charge in [-0.3, -0.25) is 4.90 Å². The predicted molar refractivity (Wildman–Crippen MR) is 92.4 cm³/mol. The lowest BCUT2D eigenvalue weighted by Crippen LogP contribution is -2.58. The largest absolute Gasteiger partial charge is 0.369 e. The van der Waals surface area contributed by atoms with Crippen LogP contribution in [0.1, 0.15) is 44.6 Å². The summed E-state index contributed by atoms with van der Waals surface area (Å²) in [5.41, 5.74) is 13.9. The number of rotatable bonds is 2. The van der Waals surface area contributed by atoms with Crippen LogP contribution in [0.3, 0.4) is 0 Å². The number of aryl methyl sites for hydroxylation is 1. The van der Waals surface area contributed by atoms with Crippen LogP contribution in [0.4, 0.5) is 5.69 Å². The molecule has 6 heteroatoms. The van der Waals surface area contributed by atoms with Gasteiger partial charge in [0.15, 0.2) is 0 Å². The van der Waals surface area contributed by atoms with Crippen LogP contribution in [-0.4, -0.2) is 17.6 Å². The Kier molecular flexibility index (Phi) is 4.00. The number of nitrogens with two attached hydrogens (primary N) is 2. The van der Waals surface area contributed by atoms with Crippen LogP contribution < -0.4 is 16.4 Å². The summed E-state index contributed by atoms with van der Waals surface area (Å²) in [6.45, 7) is 2.12. The van der Waals surface area contributed by atoms with E-state index in [1.165, 1.54) is 12.0 Å². The van der Waals surface area contributed by atoms with Crippen molar-refractivity contribution in [2.45, 2.75) is 51.1 Å². The van der Waals surface area contributed by atoms with Crippen molar-refractivity contribution in [2.75, 3.05) is 4.90 Å². The second-order valence-electron chi connectivity index (χ2n) is 5.95. The first-order chi connectivity index (χ1) is 10.6. The van der Waals surface area contributed by atoms with Gasteiger partial charge in [-0.25, -0.2) is 4.99 Å². The Hall–Kier alpha value is -1.75. The van der Waals surface area contributed by atoms with E-state index in [1.54, 1.807) is 0 Å². The van der Waals surface area contributed by atoms with E-state index < -0.39 is 5.66 Å². The van der Waals surface area contributed by atoms with Crippen LogP contribution in [-0.2, 0) is 6.42 Å². The second-order valence-corrected chi connectivity index (χ2v) is 6.38. The fourth-order valence-electron chi connectivity index (χ4n) is 3.51. The first-order valence-corrected chi connectivity index (χ1v) is 8.22. The fourth-order valence-corrected chi connectivity index (χ4v) is 3.68. The van der Waals surface area contributed by atoms with Crippen molar-refractivity contribution in [1.82, 2.24) is 0 Å². The van der Waals surface area contributed by atoms with Crippen molar-refractivity contribution in [3.05, 3.63) is 28.8 Å². The quantitative estimate of drug-likeness (QED) is 0.879. The Morgan fingerprint density at radius 3 is 2.64 bits per heavy atom. The van der Waals surface area contributed by atoms with E-state index in [0.717, 1.165) is 37.8 Å². The standard InChI is InChI=1S/C16H22ClN5/c1-2-11-6-7-12(17)10-13(11)22-15(19)20-14(18)21-16(22)8-4-3-5-9-16/h6-7,10H,2-5,8-9H2,1H3,(H4,18,19,20,21). The van der Waals surface area contributed by atoms with Gasteiger partial charge in [0.05, 0.1) is 5.69 Å². The zero-order valence-corrected chi connectivity index (χ0v) is 13.6. The maximum absolute atomic E-state index is 6.25. The maximum Gasteiger partial charge on any atom is 0.220 e. The highest BCUT2D eigenvalue weighted by Crippen LogP contribution is 2.41. The predicted octanol–water partition coefficient (Wildman–Crippen LogP) is 3.01. The van der Waals surface area contributed by atoms with Gasteiger partial charge in [-0.2, -0.15) is 4.99 Å². The molecule has 22 heavy (non-hydrogen) atoms. The van der Waals surface area contributed by atoms with Gasteiger partial charge in [0, 0.05) is 5.02 Å². The Morgan fingerprint density at radius 1 is 1.23 bits per heavy atom. The lowest BCUT2D eigenvalue weighted by Gasteiger charge is -2.46. The van der Waals surface area contributed by atoms with E-state index in [0.29, 0.717) is 11.0 Å². The molecule has 0 bridgehead atoms. The van der Waals surface area contributed by atoms with Crippen LogP contribution >= 0.6 is 11.6 Å². The summed E-state index contributed by atoms with van der Waals surface area (Å²) in [4.78, 5) is 10.9. The van der Waals surface area contributed by atoms with Gasteiger partial charge >= 0.3 is 0 Å². The summed E-state index contributed by atoms with van der Waals surface area (Å²) in [5.74, 6) is 0.682. The SMILES string of the molecule is CCc1ccc(Cl)cc1N1C(N)=NC(N)=NC12CCCCC2. The van der Waals surface area contributed by atoms with Gasteiger partial charge in [0.25, 0.3) is 0 Å². The Bertz CT molecular complexity index is 631. The van der Waals surface area contributed by atoms with Gasteiger partial charge in [0.1, 0.15) is 5.66 Å². The van der Waals surface area contributed by atoms with E-state index in [2.05, 4.69) is 11.9 Å². The van der Waals surface area contributed by atoms with Crippen molar-refractivity contribution in [3.63, 3.8) is 0 Å². The van der Waals surface area contributed by atoms with E-state index in [4.69, 9.17) is 28.1 Å². The summed E-state index contributed by atoms with van der Waals surface area (Å²) in [6, 6.07) is 5.91. The smallest absolute Gasteiger partial charge is 0.220 e. The minimum Gasteiger partial charge on any atom is -0.369 e. The lowest BCUT2D eigenvalue weighted by atomic mass is 9.87. The molecule has 4 N–H and O–H groups in total. The molecule has 0 radical (unpaired) electrons. The Morgan fingerprint density at radius 2 is 1.95 bits per heavy atom. The second kappa shape index (κ2) is 5.80. The van der Waals surface area contributed by atoms with Gasteiger partial charge < -0.3 is 11.5 Å². The third-order valence-corrected chi connectivity index (χ3v) is 4.76. The number of halogens is 1. The molecule has 0 aromatic heterocycles. The zero-order chi connectivity index (χ0) is 15.7. The molecule has 0 atom stereocenters. The van der Waals surface area contributed by atoms with Crippen LogP contribution in [0.2, 0.25) is 5.02 Å². The third-order valence-electron chi connectivity index (χ3n) is 4.52. The van der Waals surface area contributed by atoms with Crippen molar-refractivity contribution in [3.8, 4) is 0 Å². The molecular formula is C16H22ClN5. The van der Waals surface area contributed by atoms with Crippen LogP contribution in [0.15, 0.2) is 28.2 Å². The number of anilines is 1. The minimum atomic E-state index is -0.414. The molecule has 1 heterocycles. The van der Waals surface area contributed by atoms with Gasteiger partial charge in [-0.1, -0.05) is 31.0 Å². The molecule has 1 aliphatic carbocycles. The summed E-state index contributed by atoms with van der Waals surface area (Å²) >= 11 is 6.23. The third kappa shape index (κ3) is 2.54. The molecule has 0 amide bonds. The molecule has 1 aromatic carbocycles. The molecule has 1 fully saturated rings. The number of hydrogen-bond donors (Lipinski definition) is 2. The summed E-state index contributed by atoms with van der Waals surface area (Å²) in [5, 5.41) is 0.688. The number of hydrogen-bond acceptors (Lipinski definition) is 5. The van der Waals surface area contributed by atoms with Crippen LogP contribution in [0, 0.1) is 0 Å². The summed E-state index contributed by atoms with van der Waals surface area (Å²) in [6.07, 6.45) is 6.20. The van der Waals surface area contributed by atoms with E-state index >= 15 is 0 Å². The van der Waals surface area contributed by atoms with Crippen molar-refractivity contribution >= 4 is 29.2 Å². The molecule has 0 unspecified atom stereocenters. The summed E-state index contributed by atoms with van der Waals surface area (Å²) in [7, 11) is 0. The highest BCUT2D eigenvalue weighted by Gasteiger charge is 2.43. The zero-order valence-electron chi connectivity index (χ0n) is 12.8. The van der Waals surface area contributed by atoms with Crippen LogP contribution in [0.5, 0.6) is 0 Å². The highest BCUT2D eigenvalue weighted by molar-refractivity contribution is 6.31. The highest BCUT2D eigenvalue weighted by atomic mass is 35.5. The number of nitrogens with zero attached hydrogens (tertiary/aromatic N) is 3. The first kappa shape index (κ1) is 15.2. The molecule has 1 aromatic rings. The van der Waals surface area contributed by atoms with Gasteiger partial charge in [-0.15, -0.1) is 0 Å². The van der Waals surface area contributed by atoms with E-state index in [-0.39, 0.29) is 5.96 Å². The average Bonchev–Trinajstić information content (AvgIpc) is 2.47. The number of aliphatic imine (C=N–C) groups is 2. The fraction of sp³-hybridized carbons (Fsp3) is 0.500. The van der Waals surface area contributed by atoms with Crippen molar-refractivity contribution in [1.29, 1.82) is 0 Å². The number of guanidine groups is 2. The normalized spacial score (nSPS) is 20.7. The average molecular weight is 320 g/mol. The van der Waals surface area contributed by atoms with Crippen molar-refractivity contribution < 1.29 is 0 Å². The Labute approximate surface area is 136 Å². The maximum atomic E-state index is 6.25. The molecule has 3 rings (SSSR count). The van der Waals surface area contributed by atoms with Crippen LogP contribution in [0.25, 0.3) is 0 Å². The molecule has 0 saturated heterocycles. The first-order valence-electron chi connectivity index (χ1n) is 7.84. The minimum absolute atomic E-state index is 0.274. The molecule has 5 nitrogen and oxygen atoms in total. The molecule has 118 valence electrons. The molecular weight excluding hydrogens is 298 g/mol. The molecule has 1 aliphatic heterocycles. The monoisotopic (exact) mass is 319 g/mol. The van der Waals surface area contributed by atoms with E-state index in [1.807, 2.05) is 23.1 Å². The number of benzene rings is 1. The lowest BCUT2D eigenvalue weighted by molar-refractivity contribution is 0.305. The topological polar surface area (TPSA) is 80.0 Å². The van der Waals surface area contributed by atoms with Crippen molar-refractivity contribution in [2.24, 2.45) is 21.5 Å². The van der Waals surface area contributed by atoms with Gasteiger partial charge in [-0.05, 0) is 49.8 Å². The summed E-state index contributed by atoms with van der Waals surface area (Å²) < 4.78 is 0. The molecule has 1 saturated carbocycles. The molecule has 2 aliphatic rings.